The van der Waals surface area contributed by atoms with Gasteiger partial charge in [-0.2, -0.15) is 0 Å². The van der Waals surface area contributed by atoms with Crippen LogP contribution in [0.1, 0.15) is 46.5 Å². The van der Waals surface area contributed by atoms with Crippen LogP contribution >= 0.6 is 0 Å². The molecule has 0 aromatic rings. The molecule has 1 aliphatic heterocycles. The van der Waals surface area contributed by atoms with Crippen molar-refractivity contribution in [3.8, 4) is 0 Å². The number of hydrogen-bond acceptors (Lipinski definition) is 2. The van der Waals surface area contributed by atoms with Crippen LogP contribution in [-0.4, -0.2) is 61.7 Å². The summed E-state index contributed by atoms with van der Waals surface area (Å²) in [5.41, 5.74) is 0. The van der Waals surface area contributed by atoms with Crippen molar-refractivity contribution in [1.29, 1.82) is 0 Å². The van der Waals surface area contributed by atoms with Crippen molar-refractivity contribution in [3.63, 3.8) is 0 Å². The Hall–Kier alpha value is -0.120. The standard InChI is InChI=1S/C15H32N3/c1-4-12-18(15-8-10-16-11-9-15)14-7-13-17(5-2)6-3/h15H,4-14H2,1-3H3. The largest absolute Gasteiger partial charge is 0.304 e. The van der Waals surface area contributed by atoms with Gasteiger partial charge >= 0.3 is 0 Å². The molecule has 3 nitrogen and oxygen atoms in total. The zero-order chi connectivity index (χ0) is 13.2. The third-order valence-electron chi connectivity index (χ3n) is 4.08. The first kappa shape index (κ1) is 15.9. The lowest BCUT2D eigenvalue weighted by Crippen LogP contribution is -2.43. The van der Waals surface area contributed by atoms with E-state index in [1.54, 1.807) is 0 Å². The Labute approximate surface area is 114 Å². The first-order valence-electron chi connectivity index (χ1n) is 7.91. The summed E-state index contributed by atoms with van der Waals surface area (Å²) in [6, 6.07) is 0.805. The predicted octanol–water partition coefficient (Wildman–Crippen LogP) is 2.20. The average Bonchev–Trinajstić information content (AvgIpc) is 2.43. The van der Waals surface area contributed by atoms with E-state index in [4.69, 9.17) is 0 Å². The zero-order valence-electron chi connectivity index (χ0n) is 12.7. The van der Waals surface area contributed by atoms with E-state index >= 15 is 0 Å². The van der Waals surface area contributed by atoms with Crippen molar-refractivity contribution >= 4 is 0 Å². The molecule has 0 aromatic heterocycles. The Morgan fingerprint density at radius 1 is 0.944 bits per heavy atom. The molecule has 1 heterocycles. The molecule has 0 unspecified atom stereocenters. The van der Waals surface area contributed by atoms with Gasteiger partial charge in [0, 0.05) is 19.1 Å². The van der Waals surface area contributed by atoms with Gasteiger partial charge in [-0.15, -0.1) is 0 Å². The topological polar surface area (TPSA) is 20.6 Å². The molecule has 0 bridgehead atoms. The van der Waals surface area contributed by atoms with Crippen molar-refractivity contribution in [2.24, 2.45) is 0 Å². The molecule has 107 valence electrons. The Morgan fingerprint density at radius 2 is 1.61 bits per heavy atom. The molecule has 18 heavy (non-hydrogen) atoms. The van der Waals surface area contributed by atoms with Gasteiger partial charge in [0.2, 0.25) is 0 Å². The van der Waals surface area contributed by atoms with Crippen LogP contribution in [-0.2, 0) is 0 Å². The molecule has 1 radical (unpaired) electrons. The molecule has 0 spiro atoms. The Balaban J connectivity index is 2.28. The van der Waals surface area contributed by atoms with Crippen molar-refractivity contribution in [2.45, 2.75) is 52.5 Å². The van der Waals surface area contributed by atoms with Crippen molar-refractivity contribution in [3.05, 3.63) is 0 Å². The molecular weight excluding hydrogens is 222 g/mol. The molecule has 1 rings (SSSR count). The molecule has 1 saturated heterocycles. The van der Waals surface area contributed by atoms with Crippen LogP contribution in [0, 0.1) is 0 Å². The van der Waals surface area contributed by atoms with Crippen LogP contribution in [0.15, 0.2) is 0 Å². The summed E-state index contributed by atoms with van der Waals surface area (Å²) in [5.74, 6) is 0. The summed E-state index contributed by atoms with van der Waals surface area (Å²) in [6.45, 7) is 15.2. The highest BCUT2D eigenvalue weighted by Gasteiger charge is 2.20. The van der Waals surface area contributed by atoms with E-state index in [2.05, 4.69) is 35.9 Å². The van der Waals surface area contributed by atoms with Crippen molar-refractivity contribution in [2.75, 3.05) is 45.8 Å². The normalized spacial score (nSPS) is 17.8. The summed E-state index contributed by atoms with van der Waals surface area (Å²) >= 11 is 0. The maximum atomic E-state index is 4.47. The van der Waals surface area contributed by atoms with Gasteiger partial charge in [0.05, 0.1) is 0 Å². The Bertz CT molecular complexity index is 186. The Kier molecular flexibility index (Phi) is 8.64. The zero-order valence-corrected chi connectivity index (χ0v) is 12.7. The molecule has 1 fully saturated rings. The molecular formula is C15H32N3. The van der Waals surface area contributed by atoms with E-state index < -0.39 is 0 Å². The van der Waals surface area contributed by atoms with Crippen molar-refractivity contribution < 1.29 is 0 Å². The highest BCUT2D eigenvalue weighted by molar-refractivity contribution is 4.77. The highest BCUT2D eigenvalue weighted by Crippen LogP contribution is 2.13. The molecule has 1 aliphatic rings. The van der Waals surface area contributed by atoms with Crippen LogP contribution in [0.25, 0.3) is 0 Å². The lowest BCUT2D eigenvalue weighted by atomic mass is 10.0. The molecule has 0 saturated carbocycles. The van der Waals surface area contributed by atoms with Gasteiger partial charge in [0.15, 0.2) is 0 Å². The van der Waals surface area contributed by atoms with Gasteiger partial charge in [0.1, 0.15) is 0 Å². The van der Waals surface area contributed by atoms with Gasteiger partial charge in [-0.05, 0) is 58.4 Å². The van der Waals surface area contributed by atoms with Gasteiger partial charge in [-0.25, -0.2) is 5.32 Å². The third kappa shape index (κ3) is 5.68. The summed E-state index contributed by atoms with van der Waals surface area (Å²) in [5, 5.41) is 4.47. The molecule has 3 heteroatoms. The predicted molar refractivity (Wildman–Crippen MR) is 79.2 cm³/mol. The molecule has 0 aromatic carbocycles. The van der Waals surface area contributed by atoms with Gasteiger partial charge < -0.3 is 9.80 Å². The lowest BCUT2D eigenvalue weighted by molar-refractivity contribution is 0.151. The Morgan fingerprint density at radius 3 is 2.17 bits per heavy atom. The average molecular weight is 254 g/mol. The van der Waals surface area contributed by atoms with Crippen LogP contribution in [0.4, 0.5) is 0 Å². The molecule has 0 N–H and O–H groups in total. The highest BCUT2D eigenvalue weighted by atomic mass is 15.2. The minimum Gasteiger partial charge on any atom is -0.304 e. The maximum Gasteiger partial charge on any atom is 0.0148 e. The van der Waals surface area contributed by atoms with Gasteiger partial charge in [0.25, 0.3) is 0 Å². The third-order valence-corrected chi connectivity index (χ3v) is 4.08. The fraction of sp³-hybridized carbons (Fsp3) is 1.00. The number of nitrogens with zero attached hydrogens (tertiary/aromatic N) is 3. The number of rotatable bonds is 9. The lowest BCUT2D eigenvalue weighted by Gasteiger charge is -2.34. The SMILES string of the molecule is CCCN(CCCN(CC)CC)C1CC[N]CC1. The minimum absolute atomic E-state index is 0.805. The van der Waals surface area contributed by atoms with E-state index in [0.717, 1.165) is 19.1 Å². The molecule has 0 aliphatic carbocycles. The summed E-state index contributed by atoms with van der Waals surface area (Å²) < 4.78 is 0. The quantitative estimate of drug-likeness (QED) is 0.629. The molecule has 0 amide bonds. The van der Waals surface area contributed by atoms with E-state index in [9.17, 15) is 0 Å². The van der Waals surface area contributed by atoms with E-state index in [1.165, 1.54) is 58.4 Å². The van der Waals surface area contributed by atoms with Crippen LogP contribution in [0.3, 0.4) is 0 Å². The summed E-state index contributed by atoms with van der Waals surface area (Å²) in [4.78, 5) is 5.25. The van der Waals surface area contributed by atoms with Crippen LogP contribution in [0.2, 0.25) is 0 Å². The fourth-order valence-electron chi connectivity index (χ4n) is 2.90. The van der Waals surface area contributed by atoms with E-state index in [1.807, 2.05) is 0 Å². The smallest absolute Gasteiger partial charge is 0.0148 e. The van der Waals surface area contributed by atoms with E-state index in [0.29, 0.717) is 0 Å². The minimum atomic E-state index is 0.805. The second kappa shape index (κ2) is 9.76. The second-order valence-electron chi connectivity index (χ2n) is 5.32. The van der Waals surface area contributed by atoms with Crippen LogP contribution < -0.4 is 5.32 Å². The molecule has 0 atom stereocenters. The summed E-state index contributed by atoms with van der Waals surface area (Å²) in [6.07, 6.45) is 5.16. The fourth-order valence-corrected chi connectivity index (χ4v) is 2.90. The first-order chi connectivity index (χ1) is 8.81. The summed E-state index contributed by atoms with van der Waals surface area (Å²) in [7, 11) is 0. The second-order valence-corrected chi connectivity index (χ2v) is 5.32. The van der Waals surface area contributed by atoms with Gasteiger partial charge in [-0.3, -0.25) is 0 Å². The number of hydrogen-bond donors (Lipinski definition) is 0. The number of piperidine rings is 1. The first-order valence-corrected chi connectivity index (χ1v) is 7.91. The van der Waals surface area contributed by atoms with Crippen LogP contribution in [0.5, 0.6) is 0 Å². The van der Waals surface area contributed by atoms with E-state index in [-0.39, 0.29) is 0 Å². The monoisotopic (exact) mass is 254 g/mol. The maximum absolute atomic E-state index is 4.47. The van der Waals surface area contributed by atoms with Gasteiger partial charge in [-0.1, -0.05) is 20.8 Å². The van der Waals surface area contributed by atoms with Crippen molar-refractivity contribution in [1.82, 2.24) is 15.1 Å².